The molecule has 3 rings (SSSR count). The van der Waals surface area contributed by atoms with Crippen LogP contribution in [0.1, 0.15) is 39.0 Å². The van der Waals surface area contributed by atoms with Crippen molar-refractivity contribution < 1.29 is 9.90 Å². The Bertz CT molecular complexity index is 301. The summed E-state index contributed by atoms with van der Waals surface area (Å²) in [6.45, 7) is 4.04. The molecule has 1 atom stereocenters. The molecule has 0 radical (unpaired) electrons. The zero-order valence-electron chi connectivity index (χ0n) is 9.33. The normalized spacial score (nSPS) is 35.3. The third-order valence-electron chi connectivity index (χ3n) is 4.77. The van der Waals surface area contributed by atoms with E-state index in [1.165, 1.54) is 6.42 Å². The minimum Gasteiger partial charge on any atom is -0.380 e. The largest absolute Gasteiger partial charge is 0.380 e. The van der Waals surface area contributed by atoms with Crippen LogP contribution in [0.2, 0.25) is 0 Å². The van der Waals surface area contributed by atoms with Crippen LogP contribution in [0, 0.1) is 11.3 Å². The van der Waals surface area contributed by atoms with E-state index in [1.807, 2.05) is 4.90 Å². The molecule has 2 saturated carbocycles. The average Bonchev–Trinajstić information content (AvgIpc) is 3.10. The van der Waals surface area contributed by atoms with Crippen molar-refractivity contribution in [2.45, 2.75) is 44.6 Å². The van der Waals surface area contributed by atoms with Crippen LogP contribution < -0.4 is 0 Å². The van der Waals surface area contributed by atoms with Gasteiger partial charge in [0.1, 0.15) is 5.60 Å². The average molecular weight is 209 g/mol. The van der Waals surface area contributed by atoms with Gasteiger partial charge >= 0.3 is 0 Å². The molecule has 0 aromatic rings. The third-order valence-corrected chi connectivity index (χ3v) is 4.77. The van der Waals surface area contributed by atoms with Crippen LogP contribution in [0.4, 0.5) is 0 Å². The Balaban J connectivity index is 1.60. The standard InChI is InChI=1S/C12H19NO2/c1-9-8-11(9)4-6-13(7-5-11)10(14)12(15)2-3-12/h9,15H,2-8H2,1H3/t9-/m0/s1. The van der Waals surface area contributed by atoms with Gasteiger partial charge < -0.3 is 10.0 Å². The van der Waals surface area contributed by atoms with Crippen LogP contribution in [0.5, 0.6) is 0 Å². The summed E-state index contributed by atoms with van der Waals surface area (Å²) in [6.07, 6.45) is 4.99. The van der Waals surface area contributed by atoms with Crippen LogP contribution in [-0.4, -0.2) is 34.6 Å². The molecule has 3 nitrogen and oxygen atoms in total. The van der Waals surface area contributed by atoms with Gasteiger partial charge in [-0.1, -0.05) is 6.92 Å². The summed E-state index contributed by atoms with van der Waals surface area (Å²) in [6, 6.07) is 0. The number of piperidine rings is 1. The molecular formula is C12H19NO2. The highest BCUT2D eigenvalue weighted by atomic mass is 16.3. The summed E-state index contributed by atoms with van der Waals surface area (Å²) >= 11 is 0. The van der Waals surface area contributed by atoms with E-state index in [4.69, 9.17) is 0 Å². The molecule has 1 saturated heterocycles. The van der Waals surface area contributed by atoms with Gasteiger partial charge in [0.25, 0.3) is 5.91 Å². The molecule has 0 unspecified atom stereocenters. The number of hydrogen-bond acceptors (Lipinski definition) is 2. The molecule has 0 bridgehead atoms. The maximum Gasteiger partial charge on any atom is 0.254 e. The Hall–Kier alpha value is -0.570. The number of carbonyl (C=O) groups excluding carboxylic acids is 1. The van der Waals surface area contributed by atoms with Gasteiger partial charge in [-0.15, -0.1) is 0 Å². The summed E-state index contributed by atoms with van der Waals surface area (Å²) in [4.78, 5) is 13.7. The van der Waals surface area contributed by atoms with Crippen molar-refractivity contribution in [3.63, 3.8) is 0 Å². The summed E-state index contributed by atoms with van der Waals surface area (Å²) in [5.74, 6) is 0.851. The zero-order chi connectivity index (χ0) is 10.7. The van der Waals surface area contributed by atoms with E-state index < -0.39 is 5.60 Å². The highest BCUT2D eigenvalue weighted by Crippen LogP contribution is 2.59. The van der Waals surface area contributed by atoms with E-state index in [9.17, 15) is 9.90 Å². The second-order valence-electron chi connectivity index (χ2n) is 5.79. The number of carbonyl (C=O) groups is 1. The molecular weight excluding hydrogens is 190 g/mol. The predicted molar refractivity (Wildman–Crippen MR) is 56.2 cm³/mol. The van der Waals surface area contributed by atoms with Gasteiger partial charge in [0.15, 0.2) is 0 Å². The molecule has 1 aliphatic heterocycles. The van der Waals surface area contributed by atoms with Crippen molar-refractivity contribution >= 4 is 5.91 Å². The summed E-state index contributed by atoms with van der Waals surface area (Å²) in [7, 11) is 0. The first-order chi connectivity index (χ1) is 7.06. The van der Waals surface area contributed by atoms with Crippen LogP contribution in [-0.2, 0) is 4.79 Å². The zero-order valence-corrected chi connectivity index (χ0v) is 9.33. The van der Waals surface area contributed by atoms with Gasteiger partial charge in [0.2, 0.25) is 0 Å². The maximum atomic E-state index is 11.9. The van der Waals surface area contributed by atoms with Crippen molar-refractivity contribution in [3.05, 3.63) is 0 Å². The molecule has 1 amide bonds. The summed E-state index contributed by atoms with van der Waals surface area (Å²) in [5.41, 5.74) is -0.386. The van der Waals surface area contributed by atoms with Crippen LogP contribution in [0.25, 0.3) is 0 Å². The fraction of sp³-hybridized carbons (Fsp3) is 0.917. The van der Waals surface area contributed by atoms with E-state index in [0.717, 1.165) is 31.8 Å². The molecule has 3 aliphatic rings. The van der Waals surface area contributed by atoms with Crippen LogP contribution >= 0.6 is 0 Å². The lowest BCUT2D eigenvalue weighted by Gasteiger charge is -2.34. The number of amides is 1. The van der Waals surface area contributed by atoms with E-state index >= 15 is 0 Å². The van der Waals surface area contributed by atoms with Crippen molar-refractivity contribution in [3.8, 4) is 0 Å². The molecule has 0 aromatic heterocycles. The first kappa shape index (κ1) is 9.64. The number of rotatable bonds is 1. The molecule has 84 valence electrons. The quantitative estimate of drug-likeness (QED) is 0.704. The monoisotopic (exact) mass is 209 g/mol. The van der Waals surface area contributed by atoms with E-state index in [2.05, 4.69) is 6.92 Å². The smallest absolute Gasteiger partial charge is 0.254 e. The number of likely N-dealkylation sites (tertiary alicyclic amines) is 1. The van der Waals surface area contributed by atoms with Gasteiger partial charge in [-0.3, -0.25) is 4.79 Å². The Morgan fingerprint density at radius 3 is 2.20 bits per heavy atom. The lowest BCUT2D eigenvalue weighted by molar-refractivity contribution is -0.144. The van der Waals surface area contributed by atoms with Crippen LogP contribution in [0.15, 0.2) is 0 Å². The third kappa shape index (κ3) is 1.40. The Morgan fingerprint density at radius 1 is 1.27 bits per heavy atom. The van der Waals surface area contributed by atoms with Gasteiger partial charge in [-0.2, -0.15) is 0 Å². The molecule has 3 fully saturated rings. The summed E-state index contributed by atoms with van der Waals surface area (Å²) < 4.78 is 0. The fourth-order valence-corrected chi connectivity index (χ4v) is 3.03. The second kappa shape index (κ2) is 2.76. The SMILES string of the molecule is C[C@H]1CC12CCN(C(=O)C1(O)CC1)CC2. The van der Waals surface area contributed by atoms with Crippen molar-refractivity contribution in [2.24, 2.45) is 11.3 Å². The minimum absolute atomic E-state index is 0.00865. The number of hydrogen-bond donors (Lipinski definition) is 1. The van der Waals surface area contributed by atoms with Gasteiger partial charge in [-0.05, 0) is 43.4 Å². The van der Waals surface area contributed by atoms with E-state index in [-0.39, 0.29) is 5.91 Å². The second-order valence-corrected chi connectivity index (χ2v) is 5.79. The van der Waals surface area contributed by atoms with E-state index in [0.29, 0.717) is 18.3 Å². The Morgan fingerprint density at radius 2 is 1.80 bits per heavy atom. The molecule has 2 aliphatic carbocycles. The lowest BCUT2D eigenvalue weighted by Crippen LogP contribution is -2.45. The van der Waals surface area contributed by atoms with E-state index in [1.54, 1.807) is 0 Å². The van der Waals surface area contributed by atoms with Crippen molar-refractivity contribution in [2.75, 3.05) is 13.1 Å². The van der Waals surface area contributed by atoms with Crippen molar-refractivity contribution in [1.82, 2.24) is 4.90 Å². The minimum atomic E-state index is -0.959. The first-order valence-electron chi connectivity index (χ1n) is 6.08. The molecule has 0 aromatic carbocycles. The Kier molecular flexibility index (Phi) is 1.77. The predicted octanol–water partition coefficient (Wildman–Crippen LogP) is 1.16. The molecule has 1 heterocycles. The summed E-state index contributed by atoms with van der Waals surface area (Å²) in [5, 5.41) is 9.76. The highest BCUT2D eigenvalue weighted by Gasteiger charge is 2.55. The van der Waals surface area contributed by atoms with Gasteiger partial charge in [0.05, 0.1) is 0 Å². The highest BCUT2D eigenvalue weighted by molar-refractivity contribution is 5.87. The number of nitrogens with zero attached hydrogens (tertiary/aromatic N) is 1. The van der Waals surface area contributed by atoms with Gasteiger partial charge in [-0.25, -0.2) is 0 Å². The van der Waals surface area contributed by atoms with Crippen LogP contribution in [0.3, 0.4) is 0 Å². The maximum absolute atomic E-state index is 11.9. The van der Waals surface area contributed by atoms with Gasteiger partial charge in [0, 0.05) is 13.1 Å². The van der Waals surface area contributed by atoms with Crippen molar-refractivity contribution in [1.29, 1.82) is 0 Å². The fourth-order valence-electron chi connectivity index (χ4n) is 3.03. The lowest BCUT2D eigenvalue weighted by atomic mass is 9.91. The molecule has 1 spiro atoms. The number of aliphatic hydroxyl groups is 1. The topological polar surface area (TPSA) is 40.5 Å². The Labute approximate surface area is 90.5 Å². The first-order valence-corrected chi connectivity index (χ1v) is 6.08. The molecule has 1 N–H and O–H groups in total. The molecule has 15 heavy (non-hydrogen) atoms. The molecule has 3 heteroatoms.